The first-order chi connectivity index (χ1) is 16.7. The van der Waals surface area contributed by atoms with E-state index in [1.54, 1.807) is 0 Å². The van der Waals surface area contributed by atoms with Crippen molar-refractivity contribution in [2.45, 2.75) is 56.7 Å². The van der Waals surface area contributed by atoms with Gasteiger partial charge in [0.15, 0.2) is 5.11 Å². The fraction of sp³-hybridized carbons (Fsp3) is 0.370. The second-order valence-electron chi connectivity index (χ2n) is 9.12. The van der Waals surface area contributed by atoms with Crippen LogP contribution in [0, 0.1) is 0 Å². The number of aromatic nitrogens is 2. The minimum Gasteiger partial charge on any atom is -0.352 e. The average Bonchev–Trinajstić information content (AvgIpc) is 3.48. The van der Waals surface area contributed by atoms with Crippen LogP contribution in [0.2, 0.25) is 0 Å². The molecule has 2 aromatic heterocycles. The normalized spacial score (nSPS) is 20.8. The molecule has 2 aliphatic rings. The second kappa shape index (κ2) is 10.4. The Morgan fingerprint density at radius 1 is 1.03 bits per heavy atom. The smallest absolute Gasteiger partial charge is 0.226 e. The van der Waals surface area contributed by atoms with Crippen molar-refractivity contribution in [1.29, 1.82) is 0 Å². The topological polar surface area (TPSA) is 62.2 Å². The zero-order chi connectivity index (χ0) is 23.3. The SMILES string of the molecule is O=C(CCN1C(=S)N[C@H](c2ccccn2)[C@H]1c1cccn1C1CCCCC1)Nc1ccccc1. The highest BCUT2D eigenvalue weighted by molar-refractivity contribution is 7.80. The standard InChI is InChI=1S/C27H31N5OS/c33-24(29-20-10-3-1-4-11-20)16-19-32-26(25(30-27(32)34)22-14-7-8-17-28-22)23-15-9-18-31(23)21-12-5-2-6-13-21/h1,3-4,7-11,14-15,17-18,21,25-26H,2,5-6,12-13,16,19H2,(H,29,33)(H,30,34)/t25-,26-/m1/s1. The summed E-state index contributed by atoms with van der Waals surface area (Å²) >= 11 is 5.80. The van der Waals surface area contributed by atoms with E-state index >= 15 is 0 Å². The minimum absolute atomic E-state index is 0.0169. The van der Waals surface area contributed by atoms with Crippen LogP contribution in [0.1, 0.15) is 68.0 Å². The van der Waals surface area contributed by atoms with E-state index in [0.29, 0.717) is 24.1 Å². The largest absolute Gasteiger partial charge is 0.352 e. The van der Waals surface area contributed by atoms with Crippen LogP contribution in [0.25, 0.3) is 0 Å². The second-order valence-corrected chi connectivity index (χ2v) is 9.50. The van der Waals surface area contributed by atoms with Crippen molar-refractivity contribution in [2.75, 3.05) is 11.9 Å². The van der Waals surface area contributed by atoms with Crippen LogP contribution in [0.5, 0.6) is 0 Å². The van der Waals surface area contributed by atoms with Gasteiger partial charge in [-0.15, -0.1) is 0 Å². The summed E-state index contributed by atoms with van der Waals surface area (Å²) in [6.45, 7) is 0.536. The zero-order valence-electron chi connectivity index (χ0n) is 19.3. The molecule has 1 aliphatic carbocycles. The molecule has 5 rings (SSSR count). The molecule has 2 atom stereocenters. The van der Waals surface area contributed by atoms with Crippen molar-refractivity contribution in [3.05, 3.63) is 84.4 Å². The summed E-state index contributed by atoms with van der Waals surface area (Å²) in [4.78, 5) is 19.5. The quantitative estimate of drug-likeness (QED) is 0.451. The van der Waals surface area contributed by atoms with E-state index in [2.05, 4.69) is 43.4 Å². The van der Waals surface area contributed by atoms with Crippen molar-refractivity contribution in [1.82, 2.24) is 19.8 Å². The molecule has 1 saturated heterocycles. The number of hydrogen-bond acceptors (Lipinski definition) is 3. The van der Waals surface area contributed by atoms with Gasteiger partial charge < -0.3 is 20.1 Å². The predicted octanol–water partition coefficient (Wildman–Crippen LogP) is 5.39. The molecule has 1 aromatic carbocycles. The van der Waals surface area contributed by atoms with Gasteiger partial charge in [0.2, 0.25) is 5.91 Å². The van der Waals surface area contributed by atoms with Crippen LogP contribution in [-0.2, 0) is 4.79 Å². The van der Waals surface area contributed by atoms with Gasteiger partial charge in [0.05, 0.1) is 17.8 Å². The number of hydrogen-bond donors (Lipinski definition) is 2. The number of nitrogens with one attached hydrogen (secondary N) is 2. The van der Waals surface area contributed by atoms with E-state index in [1.165, 1.54) is 37.8 Å². The molecule has 34 heavy (non-hydrogen) atoms. The summed E-state index contributed by atoms with van der Waals surface area (Å²) < 4.78 is 2.45. The van der Waals surface area contributed by atoms with Gasteiger partial charge in [-0.25, -0.2) is 0 Å². The van der Waals surface area contributed by atoms with E-state index in [9.17, 15) is 4.79 Å². The molecule has 1 amide bonds. The van der Waals surface area contributed by atoms with Gasteiger partial charge in [-0.2, -0.15) is 0 Å². The molecular formula is C27H31N5OS. The number of pyridine rings is 1. The zero-order valence-corrected chi connectivity index (χ0v) is 20.1. The molecule has 7 heteroatoms. The fourth-order valence-corrected chi connectivity index (χ4v) is 5.62. The maximum atomic E-state index is 12.7. The molecule has 0 bridgehead atoms. The fourth-order valence-electron chi connectivity index (χ4n) is 5.28. The highest BCUT2D eigenvalue weighted by Gasteiger charge is 2.41. The lowest BCUT2D eigenvalue weighted by atomic mass is 9.94. The number of thiocarbonyl (C=S) groups is 1. The Bertz CT molecular complexity index is 1110. The Morgan fingerprint density at radius 3 is 2.59 bits per heavy atom. The maximum absolute atomic E-state index is 12.7. The Kier molecular flexibility index (Phi) is 6.90. The number of anilines is 1. The Labute approximate surface area is 206 Å². The van der Waals surface area contributed by atoms with Crippen LogP contribution < -0.4 is 10.6 Å². The van der Waals surface area contributed by atoms with E-state index < -0.39 is 0 Å². The van der Waals surface area contributed by atoms with Gasteiger partial charge in [-0.05, 0) is 61.5 Å². The van der Waals surface area contributed by atoms with Gasteiger partial charge >= 0.3 is 0 Å². The minimum atomic E-state index is -0.0666. The third kappa shape index (κ3) is 4.85. The number of carbonyl (C=O) groups is 1. The third-order valence-corrected chi connectivity index (χ3v) is 7.27. The first-order valence-electron chi connectivity index (χ1n) is 12.2. The van der Waals surface area contributed by atoms with Crippen molar-refractivity contribution < 1.29 is 4.79 Å². The van der Waals surface area contributed by atoms with Gasteiger partial charge in [0.1, 0.15) is 0 Å². The number of para-hydroxylation sites is 1. The molecule has 3 aromatic rings. The molecule has 0 radical (unpaired) electrons. The van der Waals surface area contributed by atoms with E-state index in [4.69, 9.17) is 12.2 Å². The monoisotopic (exact) mass is 473 g/mol. The summed E-state index contributed by atoms with van der Waals surface area (Å²) in [6, 6.07) is 20.3. The van der Waals surface area contributed by atoms with Crippen LogP contribution in [0.3, 0.4) is 0 Å². The Hall–Kier alpha value is -3.19. The van der Waals surface area contributed by atoms with Crippen molar-refractivity contribution in [3.8, 4) is 0 Å². The summed E-state index contributed by atoms with van der Waals surface area (Å²) in [5.41, 5.74) is 3.00. The Balaban J connectivity index is 1.40. The number of nitrogens with zero attached hydrogens (tertiary/aromatic N) is 3. The predicted molar refractivity (Wildman–Crippen MR) is 138 cm³/mol. The Morgan fingerprint density at radius 2 is 1.82 bits per heavy atom. The van der Waals surface area contributed by atoms with Crippen LogP contribution in [-0.4, -0.2) is 32.0 Å². The van der Waals surface area contributed by atoms with Gasteiger partial charge in [0.25, 0.3) is 0 Å². The highest BCUT2D eigenvalue weighted by Crippen LogP contribution is 2.41. The van der Waals surface area contributed by atoms with E-state index in [1.807, 2.05) is 54.7 Å². The molecule has 0 unspecified atom stereocenters. The van der Waals surface area contributed by atoms with Gasteiger partial charge in [-0.3, -0.25) is 9.78 Å². The molecule has 1 aliphatic heterocycles. The number of amides is 1. The first-order valence-corrected chi connectivity index (χ1v) is 12.6. The van der Waals surface area contributed by atoms with Crippen LogP contribution in [0.15, 0.2) is 73.1 Å². The first kappa shape index (κ1) is 22.6. The summed E-state index contributed by atoms with van der Waals surface area (Å²) in [5, 5.41) is 7.17. The van der Waals surface area contributed by atoms with E-state index in [0.717, 1.165) is 11.4 Å². The number of benzene rings is 1. The lowest BCUT2D eigenvalue weighted by molar-refractivity contribution is -0.116. The lowest BCUT2D eigenvalue weighted by Crippen LogP contribution is -2.33. The lowest BCUT2D eigenvalue weighted by Gasteiger charge is -2.32. The molecule has 2 fully saturated rings. The third-order valence-electron chi connectivity index (χ3n) is 6.92. The highest BCUT2D eigenvalue weighted by atomic mass is 32.1. The van der Waals surface area contributed by atoms with Gasteiger partial charge in [-0.1, -0.05) is 43.5 Å². The molecule has 1 saturated carbocycles. The van der Waals surface area contributed by atoms with Crippen LogP contribution >= 0.6 is 12.2 Å². The molecular weight excluding hydrogens is 442 g/mol. The summed E-state index contributed by atoms with van der Waals surface area (Å²) in [6.07, 6.45) is 10.7. The maximum Gasteiger partial charge on any atom is 0.226 e. The summed E-state index contributed by atoms with van der Waals surface area (Å²) in [5.74, 6) is -0.0169. The van der Waals surface area contributed by atoms with Crippen LogP contribution in [0.4, 0.5) is 5.69 Å². The molecule has 176 valence electrons. The van der Waals surface area contributed by atoms with Crippen molar-refractivity contribution in [3.63, 3.8) is 0 Å². The number of carbonyl (C=O) groups excluding carboxylic acids is 1. The summed E-state index contributed by atoms with van der Waals surface area (Å²) in [7, 11) is 0. The van der Waals surface area contributed by atoms with Crippen molar-refractivity contribution in [2.24, 2.45) is 0 Å². The molecule has 6 nitrogen and oxygen atoms in total. The molecule has 2 N–H and O–H groups in total. The van der Waals surface area contributed by atoms with E-state index in [-0.39, 0.29) is 18.0 Å². The average molecular weight is 474 g/mol. The van der Waals surface area contributed by atoms with Crippen molar-refractivity contribution >= 4 is 28.9 Å². The molecule has 0 spiro atoms. The molecule has 3 heterocycles. The number of rotatable bonds is 7. The van der Waals surface area contributed by atoms with Gasteiger partial charge in [0, 0.05) is 42.8 Å².